The summed E-state index contributed by atoms with van der Waals surface area (Å²) in [4.78, 5) is 12.0. The molecule has 16 heavy (non-hydrogen) atoms. The second-order valence-electron chi connectivity index (χ2n) is 4.51. The lowest BCUT2D eigenvalue weighted by Gasteiger charge is -2.35. The van der Waals surface area contributed by atoms with Crippen LogP contribution in [0.1, 0.15) is 32.6 Å². The third kappa shape index (κ3) is 3.45. The monoisotopic (exact) mass is 248 g/mol. The van der Waals surface area contributed by atoms with E-state index < -0.39 is 15.4 Å². The van der Waals surface area contributed by atoms with Gasteiger partial charge in [-0.1, -0.05) is 13.3 Å². The minimum atomic E-state index is -3.46. The minimum Gasteiger partial charge on any atom is -0.316 e. The molecule has 1 heterocycles. The van der Waals surface area contributed by atoms with Crippen LogP contribution in [0, 0.1) is 5.41 Å². The van der Waals surface area contributed by atoms with E-state index in [4.69, 9.17) is 0 Å². The Balaban J connectivity index is 2.79. The van der Waals surface area contributed by atoms with Crippen LogP contribution in [0.5, 0.6) is 0 Å². The van der Waals surface area contributed by atoms with Crippen LogP contribution in [0.4, 0.5) is 0 Å². The molecule has 0 bridgehead atoms. The van der Waals surface area contributed by atoms with E-state index in [1.54, 1.807) is 0 Å². The summed E-state index contributed by atoms with van der Waals surface area (Å²) in [6, 6.07) is 0. The summed E-state index contributed by atoms with van der Waals surface area (Å²) in [5.74, 6) is -0.357. The maximum absolute atomic E-state index is 12.0. The summed E-state index contributed by atoms with van der Waals surface area (Å²) in [6.45, 7) is 3.48. The van der Waals surface area contributed by atoms with Gasteiger partial charge < -0.3 is 5.32 Å². The largest absolute Gasteiger partial charge is 0.316 e. The Kier molecular flexibility index (Phi) is 4.32. The molecule has 1 aliphatic heterocycles. The van der Waals surface area contributed by atoms with Crippen LogP contribution >= 0.6 is 0 Å². The minimum absolute atomic E-state index is 0.357. The average Bonchev–Trinajstić information content (AvgIpc) is 2.17. The molecule has 0 aromatic rings. The molecule has 0 spiro atoms. The summed E-state index contributed by atoms with van der Waals surface area (Å²) >= 11 is 0. The Morgan fingerprint density at radius 2 is 2.19 bits per heavy atom. The Morgan fingerprint density at radius 3 is 2.62 bits per heavy atom. The lowest BCUT2D eigenvalue weighted by molar-refractivity contribution is -0.130. The fourth-order valence-corrected chi connectivity index (χ4v) is 2.80. The molecule has 1 saturated heterocycles. The number of nitrogens with one attached hydrogen (secondary N) is 2. The van der Waals surface area contributed by atoms with Crippen molar-refractivity contribution in [1.29, 1.82) is 0 Å². The van der Waals surface area contributed by atoms with Crippen LogP contribution in [-0.4, -0.2) is 33.7 Å². The Bertz CT molecular complexity index is 340. The zero-order valence-electron chi connectivity index (χ0n) is 9.88. The lowest BCUT2D eigenvalue weighted by Crippen LogP contribution is -2.51. The van der Waals surface area contributed by atoms with Crippen molar-refractivity contribution in [1.82, 2.24) is 10.0 Å². The quantitative estimate of drug-likeness (QED) is 0.747. The van der Waals surface area contributed by atoms with Gasteiger partial charge in [0.2, 0.25) is 15.9 Å². The van der Waals surface area contributed by atoms with Crippen molar-refractivity contribution < 1.29 is 13.2 Å². The maximum atomic E-state index is 12.0. The number of rotatable bonds is 4. The Hall–Kier alpha value is -0.620. The first kappa shape index (κ1) is 13.4. The van der Waals surface area contributed by atoms with Crippen LogP contribution in [0.3, 0.4) is 0 Å². The SMILES string of the molecule is CCCC1(C(=O)NS(C)(=O)=O)CCCNC1. The van der Waals surface area contributed by atoms with E-state index in [1.165, 1.54) is 0 Å². The molecule has 1 atom stereocenters. The number of carbonyl (C=O) groups is 1. The summed E-state index contributed by atoms with van der Waals surface area (Å²) in [5.41, 5.74) is -0.546. The molecule has 1 aliphatic rings. The predicted octanol–water partition coefficient (Wildman–Crippen LogP) is 0.232. The second-order valence-corrected chi connectivity index (χ2v) is 6.26. The molecular weight excluding hydrogens is 228 g/mol. The number of sulfonamides is 1. The van der Waals surface area contributed by atoms with E-state index in [0.717, 1.165) is 38.5 Å². The van der Waals surface area contributed by atoms with Gasteiger partial charge >= 0.3 is 0 Å². The van der Waals surface area contributed by atoms with Gasteiger partial charge in [0, 0.05) is 6.54 Å². The molecule has 94 valence electrons. The number of carbonyl (C=O) groups excluding carboxylic acids is 1. The summed E-state index contributed by atoms with van der Waals surface area (Å²) < 4.78 is 24.3. The topological polar surface area (TPSA) is 75.3 Å². The predicted molar refractivity (Wildman–Crippen MR) is 62.4 cm³/mol. The molecule has 6 heteroatoms. The molecule has 5 nitrogen and oxygen atoms in total. The number of piperidine rings is 1. The van der Waals surface area contributed by atoms with Crippen LogP contribution in [0.15, 0.2) is 0 Å². The number of amides is 1. The maximum Gasteiger partial charge on any atom is 0.240 e. The third-order valence-electron chi connectivity index (χ3n) is 2.96. The Morgan fingerprint density at radius 1 is 1.50 bits per heavy atom. The first-order valence-corrected chi connectivity index (χ1v) is 7.52. The first-order chi connectivity index (χ1) is 7.40. The van der Waals surface area contributed by atoms with Crippen molar-refractivity contribution >= 4 is 15.9 Å². The highest BCUT2D eigenvalue weighted by Gasteiger charge is 2.39. The van der Waals surface area contributed by atoms with Gasteiger partial charge in [0.1, 0.15) is 0 Å². The highest BCUT2D eigenvalue weighted by molar-refractivity contribution is 7.89. The van der Waals surface area contributed by atoms with Crippen molar-refractivity contribution in [2.24, 2.45) is 5.41 Å². The molecule has 1 rings (SSSR count). The smallest absolute Gasteiger partial charge is 0.240 e. The van der Waals surface area contributed by atoms with Gasteiger partial charge in [0.25, 0.3) is 0 Å². The van der Waals surface area contributed by atoms with Gasteiger partial charge in [-0.05, 0) is 25.8 Å². The van der Waals surface area contributed by atoms with E-state index in [2.05, 4.69) is 10.0 Å². The van der Waals surface area contributed by atoms with Crippen LogP contribution in [0.2, 0.25) is 0 Å². The molecule has 0 radical (unpaired) electrons. The zero-order valence-corrected chi connectivity index (χ0v) is 10.7. The molecule has 1 fully saturated rings. The van der Waals surface area contributed by atoms with Crippen molar-refractivity contribution in [2.75, 3.05) is 19.3 Å². The van der Waals surface area contributed by atoms with Crippen molar-refractivity contribution in [3.8, 4) is 0 Å². The molecule has 0 aromatic heterocycles. The number of hydrogen-bond acceptors (Lipinski definition) is 4. The normalized spacial score (nSPS) is 26.4. The zero-order chi connectivity index (χ0) is 12.2. The van der Waals surface area contributed by atoms with Crippen LogP contribution < -0.4 is 10.0 Å². The van der Waals surface area contributed by atoms with Crippen molar-refractivity contribution in [3.63, 3.8) is 0 Å². The Labute approximate surface area is 97.0 Å². The highest BCUT2D eigenvalue weighted by Crippen LogP contribution is 2.31. The van der Waals surface area contributed by atoms with Crippen molar-refractivity contribution in [2.45, 2.75) is 32.6 Å². The van der Waals surface area contributed by atoms with E-state index in [0.29, 0.717) is 6.54 Å². The lowest BCUT2D eigenvalue weighted by atomic mass is 9.76. The van der Waals surface area contributed by atoms with Gasteiger partial charge in [-0.3, -0.25) is 9.52 Å². The molecule has 0 saturated carbocycles. The van der Waals surface area contributed by atoms with Gasteiger partial charge in [-0.2, -0.15) is 0 Å². The van der Waals surface area contributed by atoms with Crippen LogP contribution in [-0.2, 0) is 14.8 Å². The molecule has 0 aromatic carbocycles. The fraction of sp³-hybridized carbons (Fsp3) is 0.900. The van der Waals surface area contributed by atoms with Gasteiger partial charge in [-0.25, -0.2) is 8.42 Å². The standard InChI is InChI=1S/C10H20N2O3S/c1-3-5-10(6-4-7-11-8-10)9(13)12-16(2,14)15/h11H,3-8H2,1-2H3,(H,12,13). The molecule has 2 N–H and O–H groups in total. The average molecular weight is 248 g/mol. The molecule has 1 amide bonds. The number of hydrogen-bond donors (Lipinski definition) is 2. The summed E-state index contributed by atoms with van der Waals surface area (Å²) in [7, 11) is -3.46. The van der Waals surface area contributed by atoms with E-state index in [1.807, 2.05) is 6.92 Å². The second kappa shape index (κ2) is 5.14. The third-order valence-corrected chi connectivity index (χ3v) is 3.52. The first-order valence-electron chi connectivity index (χ1n) is 5.62. The fourth-order valence-electron chi connectivity index (χ4n) is 2.24. The van der Waals surface area contributed by atoms with E-state index in [-0.39, 0.29) is 5.91 Å². The van der Waals surface area contributed by atoms with E-state index in [9.17, 15) is 13.2 Å². The van der Waals surface area contributed by atoms with Crippen LogP contribution in [0.25, 0.3) is 0 Å². The molecular formula is C10H20N2O3S. The van der Waals surface area contributed by atoms with E-state index >= 15 is 0 Å². The summed E-state index contributed by atoms with van der Waals surface area (Å²) in [6.07, 6.45) is 4.29. The molecule has 1 unspecified atom stereocenters. The highest BCUT2D eigenvalue weighted by atomic mass is 32.2. The molecule has 0 aliphatic carbocycles. The summed E-state index contributed by atoms with van der Waals surface area (Å²) in [5, 5.41) is 3.17. The van der Waals surface area contributed by atoms with Gasteiger partial charge in [0.15, 0.2) is 0 Å². The van der Waals surface area contributed by atoms with Gasteiger partial charge in [0.05, 0.1) is 11.7 Å². The van der Waals surface area contributed by atoms with Gasteiger partial charge in [-0.15, -0.1) is 0 Å². The van der Waals surface area contributed by atoms with Crippen molar-refractivity contribution in [3.05, 3.63) is 0 Å².